The first-order valence-electron chi connectivity index (χ1n) is 10.9. The minimum atomic E-state index is -0.603. The van der Waals surface area contributed by atoms with Crippen molar-refractivity contribution < 1.29 is 19.1 Å². The Hall–Kier alpha value is -3.02. The van der Waals surface area contributed by atoms with E-state index < -0.39 is 6.04 Å². The molecule has 0 bridgehead atoms. The van der Waals surface area contributed by atoms with Gasteiger partial charge in [-0.15, -0.1) is 0 Å². The molecule has 166 valence electrons. The van der Waals surface area contributed by atoms with Crippen molar-refractivity contribution in [2.45, 2.75) is 58.2 Å². The summed E-state index contributed by atoms with van der Waals surface area (Å²) in [4.78, 5) is 27.7. The Morgan fingerprint density at radius 3 is 2.39 bits per heavy atom. The minimum absolute atomic E-state index is 0.119. The summed E-state index contributed by atoms with van der Waals surface area (Å²) >= 11 is 0. The van der Waals surface area contributed by atoms with E-state index in [1.54, 1.807) is 31.1 Å². The molecule has 6 nitrogen and oxygen atoms in total. The summed E-state index contributed by atoms with van der Waals surface area (Å²) in [5, 5.41) is 3.11. The molecule has 1 atom stereocenters. The van der Waals surface area contributed by atoms with Gasteiger partial charge in [-0.05, 0) is 49.9 Å². The highest BCUT2D eigenvalue weighted by Gasteiger charge is 2.29. The smallest absolute Gasteiger partial charge is 0.261 e. The van der Waals surface area contributed by atoms with E-state index in [9.17, 15) is 9.59 Å². The molecule has 1 aliphatic rings. The minimum Gasteiger partial charge on any atom is -0.493 e. The van der Waals surface area contributed by atoms with Gasteiger partial charge in [0.15, 0.2) is 18.1 Å². The van der Waals surface area contributed by atoms with Crippen molar-refractivity contribution in [3.05, 3.63) is 59.7 Å². The fourth-order valence-electron chi connectivity index (χ4n) is 3.91. The van der Waals surface area contributed by atoms with Crippen molar-refractivity contribution in [2.24, 2.45) is 0 Å². The number of nitrogens with one attached hydrogen (secondary N) is 1. The van der Waals surface area contributed by atoms with Crippen LogP contribution < -0.4 is 14.8 Å². The van der Waals surface area contributed by atoms with Crippen LogP contribution in [0, 0.1) is 6.92 Å². The van der Waals surface area contributed by atoms with Gasteiger partial charge in [0.25, 0.3) is 5.91 Å². The lowest BCUT2D eigenvalue weighted by molar-refractivity contribution is -0.142. The number of nitrogens with zero attached hydrogens (tertiary/aromatic N) is 1. The van der Waals surface area contributed by atoms with Gasteiger partial charge >= 0.3 is 0 Å². The number of carbonyl (C=O) groups is 2. The monoisotopic (exact) mass is 424 g/mol. The van der Waals surface area contributed by atoms with E-state index in [1.165, 1.54) is 0 Å². The molecule has 1 aliphatic carbocycles. The summed E-state index contributed by atoms with van der Waals surface area (Å²) in [6.45, 7) is 3.96. The molecule has 0 spiro atoms. The lowest BCUT2D eigenvalue weighted by Gasteiger charge is -2.30. The van der Waals surface area contributed by atoms with Crippen LogP contribution in [0.25, 0.3) is 0 Å². The maximum Gasteiger partial charge on any atom is 0.261 e. The molecule has 31 heavy (non-hydrogen) atoms. The van der Waals surface area contributed by atoms with Gasteiger partial charge in [0.1, 0.15) is 6.04 Å². The Morgan fingerprint density at radius 1 is 1.06 bits per heavy atom. The van der Waals surface area contributed by atoms with Gasteiger partial charge < -0.3 is 19.7 Å². The average molecular weight is 425 g/mol. The van der Waals surface area contributed by atoms with Crippen LogP contribution in [0.4, 0.5) is 0 Å². The fraction of sp³-hybridized carbons (Fsp3) is 0.440. The molecule has 1 fully saturated rings. The molecule has 1 N–H and O–H groups in total. The molecule has 0 aliphatic heterocycles. The van der Waals surface area contributed by atoms with Gasteiger partial charge in [-0.2, -0.15) is 0 Å². The third-order valence-electron chi connectivity index (χ3n) is 5.89. The SMILES string of the molecule is COc1ccccc1OCC(=O)N(Cc1ccccc1C)[C@H](C)C(=O)NC1CCCC1. The van der Waals surface area contributed by atoms with Crippen LogP contribution in [0.5, 0.6) is 11.5 Å². The van der Waals surface area contributed by atoms with E-state index in [4.69, 9.17) is 9.47 Å². The van der Waals surface area contributed by atoms with Crippen molar-refractivity contribution >= 4 is 11.8 Å². The second kappa shape index (κ2) is 10.8. The second-order valence-electron chi connectivity index (χ2n) is 8.05. The molecule has 0 radical (unpaired) electrons. The molecule has 2 aromatic carbocycles. The molecule has 2 aromatic rings. The summed E-state index contributed by atoms with van der Waals surface area (Å²) in [5.41, 5.74) is 2.09. The highest BCUT2D eigenvalue weighted by Crippen LogP contribution is 2.26. The van der Waals surface area contributed by atoms with Crippen LogP contribution in [0.1, 0.15) is 43.7 Å². The Bertz CT molecular complexity index is 893. The summed E-state index contributed by atoms with van der Waals surface area (Å²) < 4.78 is 11.0. The standard InChI is InChI=1S/C25H32N2O4/c1-18-10-4-5-11-20(18)16-27(19(2)25(29)26-21-12-6-7-13-21)24(28)17-31-23-15-9-8-14-22(23)30-3/h4-5,8-11,14-15,19,21H,6-7,12-13,16-17H2,1-3H3,(H,26,29)/t19-/m1/s1. The quantitative estimate of drug-likeness (QED) is 0.664. The topological polar surface area (TPSA) is 67.9 Å². The molecular weight excluding hydrogens is 392 g/mol. The first-order valence-corrected chi connectivity index (χ1v) is 10.9. The molecule has 0 unspecified atom stereocenters. The molecule has 3 rings (SSSR count). The van der Waals surface area contributed by atoms with Gasteiger partial charge in [0.2, 0.25) is 5.91 Å². The number of benzene rings is 2. The van der Waals surface area contributed by atoms with Gasteiger partial charge in [0.05, 0.1) is 7.11 Å². The third kappa shape index (κ3) is 6.00. The molecule has 6 heteroatoms. The van der Waals surface area contributed by atoms with E-state index in [-0.39, 0.29) is 24.5 Å². The van der Waals surface area contributed by atoms with Crippen LogP contribution in [0.3, 0.4) is 0 Å². The fourth-order valence-corrected chi connectivity index (χ4v) is 3.91. The van der Waals surface area contributed by atoms with Crippen molar-refractivity contribution in [3.8, 4) is 11.5 Å². The predicted octanol–water partition coefficient (Wildman–Crippen LogP) is 3.86. The van der Waals surface area contributed by atoms with E-state index in [0.717, 1.165) is 36.8 Å². The number of para-hydroxylation sites is 2. The molecule has 0 heterocycles. The summed E-state index contributed by atoms with van der Waals surface area (Å²) in [6.07, 6.45) is 4.28. The van der Waals surface area contributed by atoms with E-state index in [0.29, 0.717) is 18.0 Å². The van der Waals surface area contributed by atoms with Crippen LogP contribution >= 0.6 is 0 Å². The number of hydrogen-bond donors (Lipinski definition) is 1. The van der Waals surface area contributed by atoms with E-state index in [1.807, 2.05) is 43.3 Å². The first-order chi connectivity index (χ1) is 15.0. The lowest BCUT2D eigenvalue weighted by atomic mass is 10.1. The third-order valence-corrected chi connectivity index (χ3v) is 5.89. The number of ether oxygens (including phenoxy) is 2. The molecule has 0 aromatic heterocycles. The largest absolute Gasteiger partial charge is 0.493 e. The zero-order valence-corrected chi connectivity index (χ0v) is 18.6. The number of methoxy groups -OCH3 is 1. The van der Waals surface area contributed by atoms with E-state index in [2.05, 4.69) is 5.32 Å². The number of hydrogen-bond acceptors (Lipinski definition) is 4. The number of amides is 2. The Morgan fingerprint density at radius 2 is 1.71 bits per heavy atom. The Balaban J connectivity index is 1.74. The zero-order valence-electron chi connectivity index (χ0n) is 18.6. The number of rotatable bonds is 9. The predicted molar refractivity (Wildman–Crippen MR) is 120 cm³/mol. The summed E-state index contributed by atoms with van der Waals surface area (Å²) in [5.74, 6) is 0.694. The normalized spacial score (nSPS) is 14.7. The summed E-state index contributed by atoms with van der Waals surface area (Å²) in [7, 11) is 1.56. The summed E-state index contributed by atoms with van der Waals surface area (Å²) in [6, 6.07) is 14.7. The Labute approximate surface area is 184 Å². The number of carbonyl (C=O) groups excluding carboxylic acids is 2. The first kappa shape index (κ1) is 22.7. The molecule has 2 amide bonds. The van der Waals surface area contributed by atoms with Crippen LogP contribution in [-0.2, 0) is 16.1 Å². The Kier molecular flexibility index (Phi) is 7.93. The highest BCUT2D eigenvalue weighted by molar-refractivity contribution is 5.88. The lowest BCUT2D eigenvalue weighted by Crippen LogP contribution is -2.50. The molecule has 0 saturated heterocycles. The highest BCUT2D eigenvalue weighted by atomic mass is 16.5. The van der Waals surface area contributed by atoms with Crippen LogP contribution in [0.2, 0.25) is 0 Å². The van der Waals surface area contributed by atoms with Gasteiger partial charge in [-0.1, -0.05) is 49.2 Å². The maximum atomic E-state index is 13.2. The molecule has 1 saturated carbocycles. The average Bonchev–Trinajstić information content (AvgIpc) is 3.29. The van der Waals surface area contributed by atoms with Crippen molar-refractivity contribution in [3.63, 3.8) is 0 Å². The van der Waals surface area contributed by atoms with Crippen molar-refractivity contribution in [1.29, 1.82) is 0 Å². The van der Waals surface area contributed by atoms with Crippen LogP contribution in [-0.4, -0.2) is 42.5 Å². The van der Waals surface area contributed by atoms with Crippen molar-refractivity contribution in [2.75, 3.05) is 13.7 Å². The maximum absolute atomic E-state index is 13.2. The van der Waals surface area contributed by atoms with Crippen LogP contribution in [0.15, 0.2) is 48.5 Å². The number of aryl methyl sites for hydroxylation is 1. The molecular formula is C25H32N2O4. The van der Waals surface area contributed by atoms with E-state index >= 15 is 0 Å². The van der Waals surface area contributed by atoms with Gasteiger partial charge in [-0.3, -0.25) is 9.59 Å². The second-order valence-corrected chi connectivity index (χ2v) is 8.05. The van der Waals surface area contributed by atoms with Gasteiger partial charge in [0, 0.05) is 12.6 Å². The van der Waals surface area contributed by atoms with Gasteiger partial charge in [-0.25, -0.2) is 0 Å². The zero-order chi connectivity index (χ0) is 22.2. The van der Waals surface area contributed by atoms with Crippen molar-refractivity contribution in [1.82, 2.24) is 10.2 Å².